The van der Waals surface area contributed by atoms with Crippen molar-refractivity contribution in [3.63, 3.8) is 0 Å². The Labute approximate surface area is 185 Å². The lowest BCUT2D eigenvalue weighted by molar-refractivity contribution is -0.122. The van der Waals surface area contributed by atoms with Crippen molar-refractivity contribution in [2.75, 3.05) is 14.2 Å². The summed E-state index contributed by atoms with van der Waals surface area (Å²) in [6.07, 6.45) is 5.17. The SMILES string of the molecule is COC(=O)c1cn(CC(=O)N[C@@H](c2cccc(OC)c2)c2nccn2C)c2ccccc12. The summed E-state index contributed by atoms with van der Waals surface area (Å²) in [5.41, 5.74) is 2.04. The number of hydrogen-bond donors (Lipinski definition) is 1. The largest absolute Gasteiger partial charge is 0.497 e. The van der Waals surface area contributed by atoms with Crippen LogP contribution in [0.5, 0.6) is 5.75 Å². The number of para-hydroxylation sites is 1. The zero-order valence-corrected chi connectivity index (χ0v) is 18.1. The van der Waals surface area contributed by atoms with Crippen LogP contribution >= 0.6 is 0 Å². The van der Waals surface area contributed by atoms with Gasteiger partial charge in [0.25, 0.3) is 0 Å². The number of nitrogens with one attached hydrogen (secondary N) is 1. The number of carbonyl (C=O) groups excluding carboxylic acids is 2. The summed E-state index contributed by atoms with van der Waals surface area (Å²) >= 11 is 0. The third kappa shape index (κ3) is 4.07. The van der Waals surface area contributed by atoms with Crippen LogP contribution in [0.1, 0.15) is 27.8 Å². The number of esters is 1. The van der Waals surface area contributed by atoms with E-state index in [0.29, 0.717) is 17.1 Å². The molecule has 164 valence electrons. The molecule has 0 aliphatic carbocycles. The van der Waals surface area contributed by atoms with E-state index >= 15 is 0 Å². The molecule has 8 heteroatoms. The number of imidazole rings is 1. The van der Waals surface area contributed by atoms with Gasteiger partial charge in [0.15, 0.2) is 0 Å². The fourth-order valence-electron chi connectivity index (χ4n) is 3.78. The lowest BCUT2D eigenvalue weighted by atomic mass is 10.1. The second kappa shape index (κ2) is 8.97. The number of carbonyl (C=O) groups is 2. The molecule has 2 aromatic carbocycles. The van der Waals surface area contributed by atoms with Crippen LogP contribution in [0, 0.1) is 0 Å². The molecule has 2 heterocycles. The molecule has 1 amide bonds. The Hall–Kier alpha value is -4.07. The minimum absolute atomic E-state index is 0.0302. The summed E-state index contributed by atoms with van der Waals surface area (Å²) in [6.45, 7) is 0.0302. The van der Waals surface area contributed by atoms with E-state index in [1.54, 1.807) is 24.1 Å². The van der Waals surface area contributed by atoms with Crippen molar-refractivity contribution in [3.05, 3.63) is 84.1 Å². The van der Waals surface area contributed by atoms with E-state index in [0.717, 1.165) is 16.5 Å². The third-order valence-electron chi connectivity index (χ3n) is 5.36. The molecule has 0 fully saturated rings. The summed E-state index contributed by atoms with van der Waals surface area (Å²) in [5, 5.41) is 3.82. The number of benzene rings is 2. The third-order valence-corrected chi connectivity index (χ3v) is 5.36. The minimum atomic E-state index is -0.473. The Balaban J connectivity index is 1.65. The van der Waals surface area contributed by atoms with Crippen LogP contribution in [0.15, 0.2) is 67.1 Å². The highest BCUT2D eigenvalue weighted by Gasteiger charge is 2.23. The first-order chi connectivity index (χ1) is 15.5. The average Bonchev–Trinajstić information content (AvgIpc) is 3.40. The Morgan fingerprint density at radius 1 is 1.12 bits per heavy atom. The van der Waals surface area contributed by atoms with Crippen LogP contribution in [0.3, 0.4) is 0 Å². The van der Waals surface area contributed by atoms with Gasteiger partial charge < -0.3 is 23.9 Å². The molecule has 4 aromatic rings. The van der Waals surface area contributed by atoms with Gasteiger partial charge in [-0.1, -0.05) is 30.3 Å². The molecule has 0 saturated carbocycles. The molecular weight excluding hydrogens is 408 g/mol. The number of hydrogen-bond acceptors (Lipinski definition) is 5. The van der Waals surface area contributed by atoms with Crippen molar-refractivity contribution in [2.24, 2.45) is 7.05 Å². The van der Waals surface area contributed by atoms with Gasteiger partial charge in [0, 0.05) is 36.5 Å². The van der Waals surface area contributed by atoms with Gasteiger partial charge in [0.05, 0.1) is 19.8 Å². The first-order valence-electron chi connectivity index (χ1n) is 10.1. The Morgan fingerprint density at radius 3 is 2.66 bits per heavy atom. The van der Waals surface area contributed by atoms with Crippen molar-refractivity contribution in [1.29, 1.82) is 0 Å². The van der Waals surface area contributed by atoms with Gasteiger partial charge in [0.2, 0.25) is 5.91 Å². The van der Waals surface area contributed by atoms with Gasteiger partial charge in [-0.15, -0.1) is 0 Å². The number of methoxy groups -OCH3 is 2. The maximum absolute atomic E-state index is 13.1. The predicted octanol–water partition coefficient (Wildman–Crippen LogP) is 3.08. The number of fused-ring (bicyclic) bond motifs is 1. The molecule has 0 saturated heterocycles. The fourth-order valence-corrected chi connectivity index (χ4v) is 3.78. The highest BCUT2D eigenvalue weighted by molar-refractivity contribution is 6.04. The molecule has 4 rings (SSSR count). The quantitative estimate of drug-likeness (QED) is 0.454. The summed E-state index contributed by atoms with van der Waals surface area (Å²) in [6, 6.07) is 14.5. The number of rotatable bonds is 7. The van der Waals surface area contributed by atoms with E-state index in [1.165, 1.54) is 7.11 Å². The van der Waals surface area contributed by atoms with Crippen LogP contribution < -0.4 is 10.1 Å². The van der Waals surface area contributed by atoms with E-state index in [-0.39, 0.29) is 12.5 Å². The number of ether oxygens (including phenoxy) is 2. The van der Waals surface area contributed by atoms with Gasteiger partial charge in [-0.2, -0.15) is 0 Å². The maximum atomic E-state index is 13.1. The molecular formula is C24H24N4O4. The molecule has 0 unspecified atom stereocenters. The molecule has 2 aromatic heterocycles. The summed E-state index contributed by atoms with van der Waals surface area (Å²) < 4.78 is 13.9. The van der Waals surface area contributed by atoms with Crippen LogP contribution in [-0.2, 0) is 23.1 Å². The fraction of sp³-hybridized carbons (Fsp3) is 0.208. The Bertz CT molecular complexity index is 1270. The summed E-state index contributed by atoms with van der Waals surface area (Å²) in [7, 11) is 4.82. The van der Waals surface area contributed by atoms with Gasteiger partial charge in [-0.05, 0) is 23.8 Å². The highest BCUT2D eigenvalue weighted by atomic mass is 16.5. The molecule has 0 aliphatic heterocycles. The van der Waals surface area contributed by atoms with Crippen LogP contribution in [-0.4, -0.2) is 40.2 Å². The maximum Gasteiger partial charge on any atom is 0.340 e. The second-order valence-electron chi connectivity index (χ2n) is 7.35. The van der Waals surface area contributed by atoms with Crippen molar-refractivity contribution in [1.82, 2.24) is 19.4 Å². The number of aromatic nitrogens is 3. The molecule has 8 nitrogen and oxygen atoms in total. The predicted molar refractivity (Wildman–Crippen MR) is 119 cm³/mol. The van der Waals surface area contributed by atoms with Crippen molar-refractivity contribution in [3.8, 4) is 5.75 Å². The van der Waals surface area contributed by atoms with Crippen molar-refractivity contribution >= 4 is 22.8 Å². The van der Waals surface area contributed by atoms with Gasteiger partial charge >= 0.3 is 5.97 Å². The van der Waals surface area contributed by atoms with E-state index in [1.807, 2.05) is 66.3 Å². The molecule has 0 aliphatic rings. The zero-order chi connectivity index (χ0) is 22.7. The van der Waals surface area contributed by atoms with E-state index in [4.69, 9.17) is 9.47 Å². The first kappa shape index (κ1) is 21.2. The monoisotopic (exact) mass is 432 g/mol. The van der Waals surface area contributed by atoms with E-state index in [9.17, 15) is 9.59 Å². The summed E-state index contributed by atoms with van der Waals surface area (Å²) in [4.78, 5) is 29.8. The van der Waals surface area contributed by atoms with Gasteiger partial charge in [0.1, 0.15) is 24.2 Å². The Kier molecular flexibility index (Phi) is 5.93. The van der Waals surface area contributed by atoms with Crippen LogP contribution in [0.25, 0.3) is 10.9 Å². The highest BCUT2D eigenvalue weighted by Crippen LogP contribution is 2.25. The zero-order valence-electron chi connectivity index (χ0n) is 18.1. The summed E-state index contributed by atoms with van der Waals surface area (Å²) in [5.74, 6) is 0.718. The molecule has 0 bridgehead atoms. The molecule has 1 atom stereocenters. The Morgan fingerprint density at radius 2 is 1.94 bits per heavy atom. The topological polar surface area (TPSA) is 87.4 Å². The van der Waals surface area contributed by atoms with Crippen molar-refractivity contribution < 1.29 is 19.1 Å². The lowest BCUT2D eigenvalue weighted by Crippen LogP contribution is -2.33. The number of aryl methyl sites for hydroxylation is 1. The lowest BCUT2D eigenvalue weighted by Gasteiger charge is -2.20. The van der Waals surface area contributed by atoms with Gasteiger partial charge in [-0.3, -0.25) is 4.79 Å². The van der Waals surface area contributed by atoms with E-state index < -0.39 is 12.0 Å². The average molecular weight is 432 g/mol. The standard InChI is InChI=1S/C24H24N4O4/c1-27-12-11-25-23(27)22(16-7-6-8-17(13-16)31-2)26-21(29)15-28-14-19(24(30)32-3)18-9-4-5-10-20(18)28/h4-14,22H,15H2,1-3H3,(H,26,29)/t22-/m0/s1. The van der Waals surface area contributed by atoms with Crippen LogP contribution in [0.4, 0.5) is 0 Å². The van der Waals surface area contributed by atoms with Gasteiger partial charge in [-0.25, -0.2) is 9.78 Å². The van der Waals surface area contributed by atoms with Crippen molar-refractivity contribution in [2.45, 2.75) is 12.6 Å². The van der Waals surface area contributed by atoms with Crippen LogP contribution in [0.2, 0.25) is 0 Å². The smallest absolute Gasteiger partial charge is 0.340 e. The normalized spacial score (nSPS) is 11.8. The molecule has 1 N–H and O–H groups in total. The number of amides is 1. The number of nitrogens with zero attached hydrogens (tertiary/aromatic N) is 3. The molecule has 32 heavy (non-hydrogen) atoms. The second-order valence-corrected chi connectivity index (χ2v) is 7.35. The molecule has 0 radical (unpaired) electrons. The molecule has 0 spiro atoms. The van der Waals surface area contributed by atoms with E-state index in [2.05, 4.69) is 10.3 Å². The first-order valence-corrected chi connectivity index (χ1v) is 10.1. The minimum Gasteiger partial charge on any atom is -0.497 e.